The summed E-state index contributed by atoms with van der Waals surface area (Å²) in [5.41, 5.74) is 3.28. The monoisotopic (exact) mass is 467 g/mol. The molecule has 178 valence electrons. The molecule has 0 unspecified atom stereocenters. The highest BCUT2D eigenvalue weighted by atomic mass is 19.1. The zero-order chi connectivity index (χ0) is 24.0. The number of nitrogens with one attached hydrogen (secondary N) is 2. The van der Waals surface area contributed by atoms with Crippen LogP contribution >= 0.6 is 0 Å². The number of aromatic amines is 1. The van der Waals surface area contributed by atoms with Crippen molar-refractivity contribution < 1.29 is 23.5 Å². The minimum absolute atomic E-state index is 0.00477. The van der Waals surface area contributed by atoms with Gasteiger partial charge in [-0.2, -0.15) is 0 Å². The lowest BCUT2D eigenvalue weighted by molar-refractivity contribution is -0.127. The molecule has 1 aromatic carbocycles. The van der Waals surface area contributed by atoms with Crippen LogP contribution in [0.15, 0.2) is 18.6 Å². The molecule has 2 aromatic heterocycles. The third kappa shape index (κ3) is 3.72. The van der Waals surface area contributed by atoms with Gasteiger partial charge < -0.3 is 24.7 Å². The normalized spacial score (nSPS) is 17.8. The number of likely N-dealkylation sites (tertiary alicyclic amines) is 1. The van der Waals surface area contributed by atoms with E-state index in [1.54, 1.807) is 11.1 Å². The standard InChI is InChI=1S/C24H26FN5O4/c1-12(31)30-7-6-14(10-30)29-24(32)16-9-26-21-19(27-11-28-20(16)21)15-8-17(25)22(33-2)23(34-3)18(15)13-4-5-13/h8-9,11,13-14,26H,4-7,10H2,1-3H3,(H,29,32)/t14-/m1/s1. The number of amides is 2. The Morgan fingerprint density at radius 2 is 1.94 bits per heavy atom. The topological polar surface area (TPSA) is 109 Å². The molecule has 1 saturated heterocycles. The molecule has 0 radical (unpaired) electrons. The molecule has 3 aromatic rings. The highest BCUT2D eigenvalue weighted by molar-refractivity contribution is 6.08. The number of nitrogens with zero attached hydrogens (tertiary/aromatic N) is 3. The summed E-state index contributed by atoms with van der Waals surface area (Å²) < 4.78 is 25.8. The lowest BCUT2D eigenvalue weighted by Gasteiger charge is -2.17. The van der Waals surface area contributed by atoms with E-state index in [2.05, 4.69) is 20.3 Å². The summed E-state index contributed by atoms with van der Waals surface area (Å²) in [4.78, 5) is 38.2. The molecule has 1 saturated carbocycles. The first-order chi connectivity index (χ1) is 16.4. The van der Waals surface area contributed by atoms with Gasteiger partial charge >= 0.3 is 0 Å². The smallest absolute Gasteiger partial charge is 0.255 e. The summed E-state index contributed by atoms with van der Waals surface area (Å²) in [6.45, 7) is 2.63. The van der Waals surface area contributed by atoms with E-state index in [9.17, 15) is 14.0 Å². The Balaban J connectivity index is 1.53. The van der Waals surface area contributed by atoms with Crippen LogP contribution in [0, 0.1) is 5.82 Å². The molecule has 9 nitrogen and oxygen atoms in total. The van der Waals surface area contributed by atoms with E-state index in [1.165, 1.54) is 33.5 Å². The third-order valence-corrected chi connectivity index (χ3v) is 6.55. The lowest BCUT2D eigenvalue weighted by atomic mass is 9.97. The Kier molecular flexibility index (Phi) is 5.59. The van der Waals surface area contributed by atoms with Crippen LogP contribution in [0.4, 0.5) is 4.39 Å². The molecule has 2 fully saturated rings. The molecular weight excluding hydrogens is 441 g/mol. The van der Waals surface area contributed by atoms with Gasteiger partial charge in [0.1, 0.15) is 11.8 Å². The maximum atomic E-state index is 14.9. The van der Waals surface area contributed by atoms with Crippen molar-refractivity contribution in [2.45, 2.75) is 38.1 Å². The van der Waals surface area contributed by atoms with Crippen molar-refractivity contribution in [3.05, 3.63) is 35.5 Å². The Hall–Kier alpha value is -3.69. The summed E-state index contributed by atoms with van der Waals surface area (Å²) in [6, 6.07) is 1.29. The van der Waals surface area contributed by atoms with Crippen molar-refractivity contribution in [1.82, 2.24) is 25.2 Å². The van der Waals surface area contributed by atoms with Crippen LogP contribution in [-0.4, -0.2) is 65.0 Å². The second kappa shape index (κ2) is 8.58. The van der Waals surface area contributed by atoms with Crippen LogP contribution in [0.5, 0.6) is 11.5 Å². The predicted molar refractivity (Wildman–Crippen MR) is 122 cm³/mol. The first kappa shape index (κ1) is 22.1. The highest BCUT2D eigenvalue weighted by Crippen LogP contribution is 2.52. The summed E-state index contributed by atoms with van der Waals surface area (Å²) in [6.07, 6.45) is 5.58. The summed E-state index contributed by atoms with van der Waals surface area (Å²) in [5.74, 6) is -0.184. The molecule has 5 rings (SSSR count). The van der Waals surface area contributed by atoms with E-state index < -0.39 is 5.82 Å². The second-order valence-corrected chi connectivity index (χ2v) is 8.73. The molecule has 2 N–H and O–H groups in total. The maximum absolute atomic E-state index is 14.9. The van der Waals surface area contributed by atoms with Gasteiger partial charge in [-0.05, 0) is 31.2 Å². The van der Waals surface area contributed by atoms with Crippen LogP contribution in [-0.2, 0) is 4.79 Å². The van der Waals surface area contributed by atoms with Crippen LogP contribution in [0.25, 0.3) is 22.3 Å². The molecule has 1 aliphatic carbocycles. The fourth-order valence-electron chi connectivity index (χ4n) is 4.73. The number of rotatable bonds is 6. The van der Waals surface area contributed by atoms with E-state index in [4.69, 9.17) is 9.47 Å². The van der Waals surface area contributed by atoms with Gasteiger partial charge in [-0.3, -0.25) is 9.59 Å². The zero-order valence-corrected chi connectivity index (χ0v) is 19.3. The maximum Gasteiger partial charge on any atom is 0.255 e. The van der Waals surface area contributed by atoms with Crippen molar-refractivity contribution >= 4 is 22.8 Å². The van der Waals surface area contributed by atoms with Crippen molar-refractivity contribution in [3.63, 3.8) is 0 Å². The SMILES string of the molecule is COc1c(F)cc(-c2ncnc3c(C(=O)N[C@@H]4CCN(C(C)=O)C4)c[nH]c23)c(C2CC2)c1OC. The molecule has 1 aliphatic heterocycles. The van der Waals surface area contributed by atoms with E-state index in [0.717, 1.165) is 18.4 Å². The highest BCUT2D eigenvalue weighted by Gasteiger charge is 2.34. The molecule has 34 heavy (non-hydrogen) atoms. The number of aromatic nitrogens is 3. The average molecular weight is 468 g/mol. The molecule has 3 heterocycles. The number of methoxy groups -OCH3 is 2. The zero-order valence-electron chi connectivity index (χ0n) is 19.3. The van der Waals surface area contributed by atoms with Gasteiger partial charge in [0.2, 0.25) is 5.91 Å². The Morgan fingerprint density at radius 1 is 1.18 bits per heavy atom. The van der Waals surface area contributed by atoms with Gasteiger partial charge in [0.25, 0.3) is 5.91 Å². The van der Waals surface area contributed by atoms with Gasteiger partial charge in [0.15, 0.2) is 17.3 Å². The second-order valence-electron chi connectivity index (χ2n) is 8.73. The molecule has 2 amide bonds. The number of hydrogen-bond acceptors (Lipinski definition) is 6. The van der Waals surface area contributed by atoms with Crippen LogP contribution < -0.4 is 14.8 Å². The minimum atomic E-state index is -0.550. The van der Waals surface area contributed by atoms with Crippen molar-refractivity contribution in [2.24, 2.45) is 0 Å². The first-order valence-electron chi connectivity index (χ1n) is 11.3. The van der Waals surface area contributed by atoms with Gasteiger partial charge in [0.05, 0.1) is 31.0 Å². The van der Waals surface area contributed by atoms with E-state index in [0.29, 0.717) is 53.1 Å². The molecule has 0 spiro atoms. The van der Waals surface area contributed by atoms with Crippen LogP contribution in [0.2, 0.25) is 0 Å². The first-order valence-corrected chi connectivity index (χ1v) is 11.3. The van der Waals surface area contributed by atoms with Crippen molar-refractivity contribution in [1.29, 1.82) is 0 Å². The van der Waals surface area contributed by atoms with Crippen molar-refractivity contribution in [3.8, 4) is 22.8 Å². The fourth-order valence-corrected chi connectivity index (χ4v) is 4.73. The lowest BCUT2D eigenvalue weighted by Crippen LogP contribution is -2.37. The van der Waals surface area contributed by atoms with E-state index >= 15 is 0 Å². The summed E-state index contributed by atoms with van der Waals surface area (Å²) in [7, 11) is 2.91. The largest absolute Gasteiger partial charge is 0.492 e. The molecule has 2 aliphatic rings. The molecule has 10 heteroatoms. The fraction of sp³-hybridized carbons (Fsp3) is 0.417. The summed E-state index contributed by atoms with van der Waals surface area (Å²) >= 11 is 0. The Labute approximate surface area is 195 Å². The quantitative estimate of drug-likeness (QED) is 0.577. The number of carbonyl (C=O) groups excluding carboxylic acids is 2. The Morgan fingerprint density at radius 3 is 2.59 bits per heavy atom. The predicted octanol–water partition coefficient (Wildman–Crippen LogP) is 3.01. The van der Waals surface area contributed by atoms with E-state index in [1.807, 2.05) is 0 Å². The van der Waals surface area contributed by atoms with Gasteiger partial charge in [0, 0.05) is 43.4 Å². The number of benzene rings is 1. The van der Waals surface area contributed by atoms with Gasteiger partial charge in [-0.25, -0.2) is 14.4 Å². The van der Waals surface area contributed by atoms with Gasteiger partial charge in [-0.1, -0.05) is 0 Å². The number of carbonyl (C=O) groups is 2. The summed E-state index contributed by atoms with van der Waals surface area (Å²) in [5, 5.41) is 2.99. The number of hydrogen-bond donors (Lipinski definition) is 2. The number of fused-ring (bicyclic) bond motifs is 1. The number of halogens is 1. The van der Waals surface area contributed by atoms with Crippen LogP contribution in [0.3, 0.4) is 0 Å². The third-order valence-electron chi connectivity index (χ3n) is 6.55. The van der Waals surface area contributed by atoms with Crippen LogP contribution in [0.1, 0.15) is 48.0 Å². The molecule has 1 atom stereocenters. The Bertz CT molecular complexity index is 1290. The number of H-pyrrole nitrogens is 1. The molecular formula is C24H26FN5O4. The number of ether oxygens (including phenoxy) is 2. The van der Waals surface area contributed by atoms with E-state index in [-0.39, 0.29) is 29.5 Å². The van der Waals surface area contributed by atoms with Crippen molar-refractivity contribution in [2.75, 3.05) is 27.3 Å². The molecule has 0 bridgehead atoms. The minimum Gasteiger partial charge on any atom is -0.492 e. The van der Waals surface area contributed by atoms with Gasteiger partial charge in [-0.15, -0.1) is 0 Å². The average Bonchev–Trinajstić information content (AvgIpc) is 3.38.